The monoisotopic (exact) mass is 332 g/mol. The highest BCUT2D eigenvalue weighted by Gasteiger charge is 2.27. The number of carbonyl (C=O) groups excluding carboxylic acids is 2. The number of rotatable bonds is 6. The molecule has 24 heavy (non-hydrogen) atoms. The number of hydrogen-bond acceptors (Lipinski definition) is 4. The molecule has 1 aliphatic rings. The van der Waals surface area contributed by atoms with Crippen LogP contribution >= 0.6 is 0 Å². The van der Waals surface area contributed by atoms with Crippen LogP contribution in [-0.2, 0) is 14.3 Å². The Morgan fingerprint density at radius 3 is 2.62 bits per heavy atom. The lowest BCUT2D eigenvalue weighted by molar-refractivity contribution is -0.151. The Labute approximate surface area is 143 Å². The Bertz CT molecular complexity index is 545. The second kappa shape index (κ2) is 8.83. The Kier molecular flexibility index (Phi) is 6.79. The van der Waals surface area contributed by atoms with Crippen LogP contribution in [0.4, 0.5) is 0 Å². The molecular formula is C19H28N2O3. The normalized spacial score (nSPS) is 23.1. The molecule has 1 amide bonds. The van der Waals surface area contributed by atoms with Crippen molar-refractivity contribution in [1.82, 2.24) is 5.32 Å². The zero-order valence-electron chi connectivity index (χ0n) is 14.5. The third kappa shape index (κ3) is 5.34. The van der Waals surface area contributed by atoms with Gasteiger partial charge < -0.3 is 15.8 Å². The molecule has 4 unspecified atom stereocenters. The molecule has 0 aromatic heterocycles. The number of ether oxygens (including phenoxy) is 1. The van der Waals surface area contributed by atoms with Crippen LogP contribution in [0.5, 0.6) is 0 Å². The fourth-order valence-electron chi connectivity index (χ4n) is 3.14. The molecule has 1 aliphatic carbocycles. The van der Waals surface area contributed by atoms with Gasteiger partial charge in [-0.3, -0.25) is 9.59 Å². The average molecular weight is 332 g/mol. The van der Waals surface area contributed by atoms with Crippen molar-refractivity contribution in [3.8, 4) is 0 Å². The maximum Gasteiger partial charge on any atom is 0.309 e. The van der Waals surface area contributed by atoms with Crippen molar-refractivity contribution in [2.24, 2.45) is 17.6 Å². The summed E-state index contributed by atoms with van der Waals surface area (Å²) in [5.74, 6) is 0.136. The summed E-state index contributed by atoms with van der Waals surface area (Å²) in [6.07, 6.45) is 4.04. The Morgan fingerprint density at radius 1 is 1.29 bits per heavy atom. The summed E-state index contributed by atoms with van der Waals surface area (Å²) in [5, 5.41) is 2.86. The van der Waals surface area contributed by atoms with Gasteiger partial charge in [-0.15, -0.1) is 0 Å². The Morgan fingerprint density at radius 2 is 2.00 bits per heavy atom. The summed E-state index contributed by atoms with van der Waals surface area (Å²) >= 11 is 0. The van der Waals surface area contributed by atoms with Gasteiger partial charge in [0.25, 0.3) is 0 Å². The van der Waals surface area contributed by atoms with Gasteiger partial charge in [0.15, 0.2) is 0 Å². The smallest absolute Gasteiger partial charge is 0.309 e. The van der Waals surface area contributed by atoms with Gasteiger partial charge in [-0.25, -0.2) is 0 Å². The average Bonchev–Trinajstić information content (AvgIpc) is 2.58. The summed E-state index contributed by atoms with van der Waals surface area (Å²) in [6, 6.07) is 8.52. The van der Waals surface area contributed by atoms with E-state index in [2.05, 4.69) is 12.2 Å². The third-order valence-electron chi connectivity index (χ3n) is 4.59. The number of benzene rings is 1. The van der Waals surface area contributed by atoms with Gasteiger partial charge in [-0.05, 0) is 31.2 Å². The zero-order chi connectivity index (χ0) is 17.5. The van der Waals surface area contributed by atoms with Crippen molar-refractivity contribution in [1.29, 1.82) is 0 Å². The predicted octanol–water partition coefficient (Wildman–Crippen LogP) is 2.56. The highest BCUT2D eigenvalue weighted by atomic mass is 16.5. The second-order valence-electron chi connectivity index (χ2n) is 6.86. The summed E-state index contributed by atoms with van der Waals surface area (Å²) in [5.41, 5.74) is 6.53. The molecule has 132 valence electrons. The van der Waals surface area contributed by atoms with Crippen LogP contribution in [-0.4, -0.2) is 24.5 Å². The maximum atomic E-state index is 12.3. The van der Waals surface area contributed by atoms with Gasteiger partial charge in [0, 0.05) is 0 Å². The van der Waals surface area contributed by atoms with Crippen molar-refractivity contribution in [2.45, 2.75) is 51.6 Å². The van der Waals surface area contributed by atoms with Gasteiger partial charge in [0.2, 0.25) is 5.91 Å². The van der Waals surface area contributed by atoms with Crippen LogP contribution in [0.3, 0.4) is 0 Å². The fraction of sp³-hybridized carbons (Fsp3) is 0.579. The number of carbonyl (C=O) groups is 2. The minimum Gasteiger partial charge on any atom is -0.463 e. The first-order valence-electron chi connectivity index (χ1n) is 8.75. The van der Waals surface area contributed by atoms with E-state index in [1.54, 1.807) is 6.92 Å². The largest absolute Gasteiger partial charge is 0.463 e. The number of hydrogen-bond donors (Lipinski definition) is 2. The van der Waals surface area contributed by atoms with Crippen molar-refractivity contribution < 1.29 is 14.3 Å². The maximum absolute atomic E-state index is 12.3. The molecule has 5 nitrogen and oxygen atoms in total. The first-order valence-corrected chi connectivity index (χ1v) is 8.75. The molecule has 0 radical (unpaired) electrons. The topological polar surface area (TPSA) is 81.4 Å². The second-order valence-corrected chi connectivity index (χ2v) is 6.86. The quantitative estimate of drug-likeness (QED) is 0.785. The number of nitrogens with two attached hydrogens (primary N) is 1. The molecule has 3 N–H and O–H groups in total. The van der Waals surface area contributed by atoms with Crippen LogP contribution < -0.4 is 11.1 Å². The molecule has 1 saturated carbocycles. The van der Waals surface area contributed by atoms with E-state index in [9.17, 15) is 9.59 Å². The lowest BCUT2D eigenvalue weighted by atomic mass is 9.82. The van der Waals surface area contributed by atoms with Crippen LogP contribution in [0.25, 0.3) is 0 Å². The lowest BCUT2D eigenvalue weighted by Gasteiger charge is -2.26. The number of esters is 1. The highest BCUT2D eigenvalue weighted by Crippen LogP contribution is 2.29. The zero-order valence-corrected chi connectivity index (χ0v) is 14.5. The molecule has 1 fully saturated rings. The van der Waals surface area contributed by atoms with E-state index in [1.165, 1.54) is 6.42 Å². The van der Waals surface area contributed by atoms with Gasteiger partial charge in [0.1, 0.15) is 6.61 Å². The van der Waals surface area contributed by atoms with E-state index >= 15 is 0 Å². The summed E-state index contributed by atoms with van der Waals surface area (Å²) in [4.78, 5) is 24.3. The molecule has 0 heterocycles. The molecule has 1 aromatic carbocycles. The predicted molar refractivity (Wildman–Crippen MR) is 93.1 cm³/mol. The standard InChI is InChI=1S/C19H28N2O3/c1-13-7-6-10-16(11-13)19(23)24-12-17(21-18(22)14(2)20)15-8-4-3-5-9-15/h3-5,8-9,13-14,16-17H,6-7,10-12,20H2,1-2H3,(H,21,22). The van der Waals surface area contributed by atoms with Crippen LogP contribution in [0.1, 0.15) is 51.1 Å². The number of nitrogens with one attached hydrogen (secondary N) is 1. The molecular weight excluding hydrogens is 304 g/mol. The molecule has 0 saturated heterocycles. The van der Waals surface area contributed by atoms with E-state index < -0.39 is 6.04 Å². The molecule has 1 aromatic rings. The number of amides is 1. The van der Waals surface area contributed by atoms with E-state index in [0.717, 1.165) is 24.8 Å². The van der Waals surface area contributed by atoms with Gasteiger partial charge in [-0.2, -0.15) is 0 Å². The molecule has 0 aliphatic heterocycles. The van der Waals surface area contributed by atoms with Crippen molar-refractivity contribution in [3.05, 3.63) is 35.9 Å². The van der Waals surface area contributed by atoms with E-state index in [1.807, 2.05) is 30.3 Å². The highest BCUT2D eigenvalue weighted by molar-refractivity contribution is 5.81. The minimum atomic E-state index is -0.605. The van der Waals surface area contributed by atoms with E-state index in [4.69, 9.17) is 10.5 Å². The Balaban J connectivity index is 1.97. The third-order valence-corrected chi connectivity index (χ3v) is 4.59. The van der Waals surface area contributed by atoms with Crippen LogP contribution in [0.15, 0.2) is 30.3 Å². The first kappa shape index (κ1) is 18.5. The summed E-state index contributed by atoms with van der Waals surface area (Å²) < 4.78 is 5.53. The molecule has 5 heteroatoms. The molecule has 0 spiro atoms. The van der Waals surface area contributed by atoms with Gasteiger partial charge >= 0.3 is 5.97 Å². The summed E-state index contributed by atoms with van der Waals surface area (Å²) in [6.45, 7) is 3.94. The summed E-state index contributed by atoms with van der Waals surface area (Å²) in [7, 11) is 0. The molecule has 2 rings (SSSR count). The SMILES string of the molecule is CC1CCCC(C(=O)OCC(NC(=O)C(C)N)c2ccccc2)C1. The Hall–Kier alpha value is -1.88. The van der Waals surface area contributed by atoms with Crippen LogP contribution in [0.2, 0.25) is 0 Å². The van der Waals surface area contributed by atoms with E-state index in [-0.39, 0.29) is 30.4 Å². The van der Waals surface area contributed by atoms with Crippen molar-refractivity contribution in [3.63, 3.8) is 0 Å². The van der Waals surface area contributed by atoms with Crippen molar-refractivity contribution >= 4 is 11.9 Å². The van der Waals surface area contributed by atoms with Gasteiger partial charge in [0.05, 0.1) is 18.0 Å². The molecule has 0 bridgehead atoms. The molecule has 4 atom stereocenters. The fourth-order valence-corrected chi connectivity index (χ4v) is 3.14. The van der Waals surface area contributed by atoms with Crippen molar-refractivity contribution in [2.75, 3.05) is 6.61 Å². The van der Waals surface area contributed by atoms with Gasteiger partial charge in [-0.1, -0.05) is 50.1 Å². The van der Waals surface area contributed by atoms with Crippen LogP contribution in [0, 0.1) is 11.8 Å². The minimum absolute atomic E-state index is 0.0192. The lowest BCUT2D eigenvalue weighted by Crippen LogP contribution is -2.42. The first-order chi connectivity index (χ1) is 11.5. The van der Waals surface area contributed by atoms with E-state index in [0.29, 0.717) is 5.92 Å².